The quantitative estimate of drug-likeness (QED) is 0.774. The Morgan fingerprint density at radius 3 is 2.85 bits per heavy atom. The van der Waals surface area contributed by atoms with E-state index in [2.05, 4.69) is 25.6 Å². The number of hydrogen-bond acceptors (Lipinski definition) is 5. The molecule has 2 aromatic rings. The molecule has 20 heavy (non-hydrogen) atoms. The second-order valence-electron chi connectivity index (χ2n) is 4.37. The lowest BCUT2D eigenvalue weighted by molar-refractivity contribution is -0.116. The summed E-state index contributed by atoms with van der Waals surface area (Å²) in [4.78, 5) is 24.0. The van der Waals surface area contributed by atoms with Crippen molar-refractivity contribution >= 4 is 11.6 Å². The Morgan fingerprint density at radius 1 is 1.25 bits per heavy atom. The Hall–Kier alpha value is -2.34. The maximum absolute atomic E-state index is 11.7. The van der Waals surface area contributed by atoms with E-state index < -0.39 is 0 Å². The third kappa shape index (κ3) is 4.74. The molecule has 2 rings (SSSR count). The van der Waals surface area contributed by atoms with E-state index in [-0.39, 0.29) is 5.91 Å². The van der Waals surface area contributed by atoms with Gasteiger partial charge >= 0.3 is 0 Å². The molecular formula is C14H17N5O. The first kappa shape index (κ1) is 14.1. The molecule has 0 aliphatic rings. The molecule has 2 N–H and O–H groups in total. The van der Waals surface area contributed by atoms with Gasteiger partial charge in [-0.1, -0.05) is 0 Å². The Labute approximate surface area is 117 Å². The standard InChI is InChI=1S/C14H17N5O/c1-11-7-18-13(10-17-11)9-16-6-4-14(20)19-12-3-2-5-15-8-12/h2-3,5,7-8,10,16H,4,6,9H2,1H3,(H,19,20). The molecule has 104 valence electrons. The number of aryl methyl sites for hydroxylation is 1. The maximum atomic E-state index is 11.7. The van der Waals surface area contributed by atoms with Crippen molar-refractivity contribution in [1.82, 2.24) is 20.3 Å². The van der Waals surface area contributed by atoms with Crippen molar-refractivity contribution in [3.8, 4) is 0 Å². The number of anilines is 1. The third-order valence-corrected chi connectivity index (χ3v) is 2.61. The predicted octanol–water partition coefficient (Wildman–Crippen LogP) is 1.30. The summed E-state index contributed by atoms with van der Waals surface area (Å²) >= 11 is 0. The highest BCUT2D eigenvalue weighted by molar-refractivity contribution is 5.90. The second kappa shape index (κ2) is 7.30. The van der Waals surface area contributed by atoms with Crippen molar-refractivity contribution in [2.45, 2.75) is 19.9 Å². The van der Waals surface area contributed by atoms with Crippen LogP contribution in [0.15, 0.2) is 36.9 Å². The maximum Gasteiger partial charge on any atom is 0.225 e. The molecule has 0 aliphatic carbocycles. The second-order valence-corrected chi connectivity index (χ2v) is 4.37. The Balaban J connectivity index is 1.66. The van der Waals surface area contributed by atoms with Crippen LogP contribution in [0.25, 0.3) is 0 Å². The monoisotopic (exact) mass is 271 g/mol. The number of amides is 1. The van der Waals surface area contributed by atoms with Gasteiger partial charge in [0, 0.05) is 38.1 Å². The first-order chi connectivity index (χ1) is 9.74. The normalized spacial score (nSPS) is 10.2. The molecule has 0 unspecified atom stereocenters. The molecule has 0 radical (unpaired) electrons. The van der Waals surface area contributed by atoms with Crippen LogP contribution in [-0.4, -0.2) is 27.4 Å². The summed E-state index contributed by atoms with van der Waals surface area (Å²) in [6, 6.07) is 3.59. The van der Waals surface area contributed by atoms with E-state index in [9.17, 15) is 4.79 Å². The first-order valence-corrected chi connectivity index (χ1v) is 6.42. The van der Waals surface area contributed by atoms with Gasteiger partial charge in [0.05, 0.1) is 23.3 Å². The highest BCUT2D eigenvalue weighted by Crippen LogP contribution is 2.02. The topological polar surface area (TPSA) is 79.8 Å². The number of carbonyl (C=O) groups is 1. The minimum atomic E-state index is -0.0412. The average Bonchev–Trinajstić information content (AvgIpc) is 2.46. The highest BCUT2D eigenvalue weighted by Gasteiger charge is 2.02. The van der Waals surface area contributed by atoms with E-state index >= 15 is 0 Å². The summed E-state index contributed by atoms with van der Waals surface area (Å²) in [5.74, 6) is -0.0412. The van der Waals surface area contributed by atoms with Gasteiger partial charge in [-0.05, 0) is 19.1 Å². The lowest BCUT2D eigenvalue weighted by Crippen LogP contribution is -2.22. The molecule has 0 saturated heterocycles. The zero-order valence-electron chi connectivity index (χ0n) is 11.3. The molecule has 0 atom stereocenters. The van der Waals surface area contributed by atoms with Gasteiger partial charge in [0.15, 0.2) is 0 Å². The van der Waals surface area contributed by atoms with Gasteiger partial charge in [0.25, 0.3) is 0 Å². The lowest BCUT2D eigenvalue weighted by Gasteiger charge is -2.06. The zero-order chi connectivity index (χ0) is 14.2. The molecule has 0 bridgehead atoms. The molecule has 6 nitrogen and oxygen atoms in total. The van der Waals surface area contributed by atoms with E-state index in [1.54, 1.807) is 36.9 Å². The Bertz CT molecular complexity index is 541. The van der Waals surface area contributed by atoms with Gasteiger partial charge in [0.1, 0.15) is 0 Å². The third-order valence-electron chi connectivity index (χ3n) is 2.61. The fraction of sp³-hybridized carbons (Fsp3) is 0.286. The van der Waals surface area contributed by atoms with Crippen LogP contribution in [0.5, 0.6) is 0 Å². The summed E-state index contributed by atoms with van der Waals surface area (Å²) in [6.07, 6.45) is 7.14. The van der Waals surface area contributed by atoms with Crippen molar-refractivity contribution < 1.29 is 4.79 Å². The molecule has 0 saturated carbocycles. The highest BCUT2D eigenvalue weighted by atomic mass is 16.1. The molecule has 2 aromatic heterocycles. The Morgan fingerprint density at radius 2 is 2.15 bits per heavy atom. The van der Waals surface area contributed by atoms with E-state index in [4.69, 9.17) is 0 Å². The van der Waals surface area contributed by atoms with Crippen molar-refractivity contribution in [2.24, 2.45) is 0 Å². The van der Waals surface area contributed by atoms with Gasteiger partial charge in [-0.25, -0.2) is 0 Å². The minimum absolute atomic E-state index is 0.0412. The summed E-state index contributed by atoms with van der Waals surface area (Å²) < 4.78 is 0. The molecule has 0 fully saturated rings. The Kier molecular flexibility index (Phi) is 5.14. The van der Waals surface area contributed by atoms with Gasteiger partial charge < -0.3 is 10.6 Å². The fourth-order valence-electron chi connectivity index (χ4n) is 1.59. The molecular weight excluding hydrogens is 254 g/mol. The summed E-state index contributed by atoms with van der Waals surface area (Å²) in [6.45, 7) is 3.09. The number of carbonyl (C=O) groups excluding carboxylic acids is 1. The number of pyridine rings is 1. The molecule has 1 amide bonds. The predicted molar refractivity (Wildman–Crippen MR) is 76.0 cm³/mol. The largest absolute Gasteiger partial charge is 0.325 e. The number of rotatable bonds is 6. The number of hydrogen-bond donors (Lipinski definition) is 2. The van der Waals surface area contributed by atoms with Crippen molar-refractivity contribution in [3.05, 3.63) is 48.3 Å². The lowest BCUT2D eigenvalue weighted by atomic mass is 10.3. The van der Waals surface area contributed by atoms with Gasteiger partial charge in [0.2, 0.25) is 5.91 Å². The van der Waals surface area contributed by atoms with Crippen LogP contribution in [0.2, 0.25) is 0 Å². The van der Waals surface area contributed by atoms with Crippen LogP contribution in [0, 0.1) is 6.92 Å². The minimum Gasteiger partial charge on any atom is -0.325 e. The van der Waals surface area contributed by atoms with Gasteiger partial charge in [-0.15, -0.1) is 0 Å². The van der Waals surface area contributed by atoms with E-state index in [0.717, 1.165) is 11.4 Å². The zero-order valence-corrected chi connectivity index (χ0v) is 11.3. The number of nitrogens with zero attached hydrogens (tertiary/aromatic N) is 3. The molecule has 6 heteroatoms. The van der Waals surface area contributed by atoms with Gasteiger partial charge in [-0.2, -0.15) is 0 Å². The SMILES string of the molecule is Cc1cnc(CNCCC(=O)Nc2cccnc2)cn1. The summed E-state index contributed by atoms with van der Waals surface area (Å²) in [5.41, 5.74) is 2.47. The smallest absolute Gasteiger partial charge is 0.225 e. The van der Waals surface area contributed by atoms with E-state index in [0.29, 0.717) is 25.2 Å². The molecule has 2 heterocycles. The molecule has 0 aromatic carbocycles. The van der Waals surface area contributed by atoms with E-state index in [1.165, 1.54) is 0 Å². The van der Waals surface area contributed by atoms with Crippen LogP contribution < -0.4 is 10.6 Å². The summed E-state index contributed by atoms with van der Waals surface area (Å²) in [5, 5.41) is 5.94. The van der Waals surface area contributed by atoms with Gasteiger partial charge in [-0.3, -0.25) is 19.7 Å². The van der Waals surface area contributed by atoms with Crippen LogP contribution in [-0.2, 0) is 11.3 Å². The van der Waals surface area contributed by atoms with E-state index in [1.807, 2.05) is 6.92 Å². The van der Waals surface area contributed by atoms with Crippen LogP contribution in [0.4, 0.5) is 5.69 Å². The molecule has 0 spiro atoms. The fourth-order valence-corrected chi connectivity index (χ4v) is 1.59. The summed E-state index contributed by atoms with van der Waals surface area (Å²) in [7, 11) is 0. The number of aromatic nitrogens is 3. The van der Waals surface area contributed by atoms with Crippen molar-refractivity contribution in [3.63, 3.8) is 0 Å². The van der Waals surface area contributed by atoms with Crippen LogP contribution in [0.3, 0.4) is 0 Å². The first-order valence-electron chi connectivity index (χ1n) is 6.42. The van der Waals surface area contributed by atoms with Crippen molar-refractivity contribution in [2.75, 3.05) is 11.9 Å². The average molecular weight is 271 g/mol. The number of nitrogens with one attached hydrogen (secondary N) is 2. The van der Waals surface area contributed by atoms with Crippen LogP contribution in [0.1, 0.15) is 17.8 Å². The van der Waals surface area contributed by atoms with Crippen molar-refractivity contribution in [1.29, 1.82) is 0 Å². The van der Waals surface area contributed by atoms with Crippen LogP contribution >= 0.6 is 0 Å². The molecule has 0 aliphatic heterocycles.